The SMILES string of the molecule is C#Cc1cc[c]([Fe])cc1.C1=Cc2cc3ccc(cc4nc(cc5ccc(cc1n2)[nH]5)C=C4)[nH]3. The molecule has 0 saturated carbocycles. The van der Waals surface area contributed by atoms with Crippen LogP contribution in [-0.4, -0.2) is 19.9 Å². The summed E-state index contributed by atoms with van der Waals surface area (Å²) < 4.78 is 0.994. The van der Waals surface area contributed by atoms with Crippen LogP contribution in [-0.2, 0) is 16.0 Å². The average Bonchev–Trinajstić information content (AvgIpc) is 3.61. The topological polar surface area (TPSA) is 57.4 Å². The number of terminal acetylenes is 1. The van der Waals surface area contributed by atoms with Crippen molar-refractivity contribution in [2.45, 2.75) is 0 Å². The molecule has 159 valence electrons. The summed E-state index contributed by atoms with van der Waals surface area (Å²) >= 11 is 3.73. The third-order valence-electron chi connectivity index (χ3n) is 5.04. The molecule has 0 fully saturated rings. The molecule has 0 spiro atoms. The van der Waals surface area contributed by atoms with Gasteiger partial charge in [0.25, 0.3) is 0 Å². The van der Waals surface area contributed by atoms with Crippen molar-refractivity contribution in [1.82, 2.24) is 19.9 Å². The monoisotopic (exact) mass is 467 g/mol. The minimum atomic E-state index is 0.905. The maximum absolute atomic E-state index is 5.13. The number of nitrogens with zero attached hydrogens (tertiary/aromatic N) is 2. The van der Waals surface area contributed by atoms with Crippen molar-refractivity contribution in [3.8, 4) is 12.3 Å². The van der Waals surface area contributed by atoms with E-state index in [1.807, 2.05) is 72.8 Å². The zero-order valence-electron chi connectivity index (χ0n) is 17.6. The molecule has 2 aliphatic heterocycles. The van der Waals surface area contributed by atoms with Crippen molar-refractivity contribution < 1.29 is 16.0 Å². The first-order valence-electron chi connectivity index (χ1n) is 10.4. The molecule has 0 amide bonds. The summed E-state index contributed by atoms with van der Waals surface area (Å²) in [6.45, 7) is 0. The van der Waals surface area contributed by atoms with E-state index in [4.69, 9.17) is 6.42 Å². The number of fused-ring (bicyclic) bond motifs is 8. The van der Waals surface area contributed by atoms with Crippen LogP contribution in [0.15, 0.2) is 72.8 Å². The third-order valence-corrected chi connectivity index (χ3v) is 5.41. The van der Waals surface area contributed by atoms with Crippen LogP contribution in [0, 0.1) is 12.3 Å². The Bertz CT molecular complexity index is 1400. The Morgan fingerprint density at radius 2 is 0.939 bits per heavy atom. The second kappa shape index (κ2) is 9.18. The minimum Gasteiger partial charge on any atom is -0.355 e. The smallest absolute Gasteiger partial charge is 0.0658 e. The zero-order chi connectivity index (χ0) is 22.6. The summed E-state index contributed by atoms with van der Waals surface area (Å²) in [5, 5.41) is 0. The van der Waals surface area contributed by atoms with Gasteiger partial charge >= 0.3 is 62.6 Å². The summed E-state index contributed by atoms with van der Waals surface area (Å²) in [7, 11) is 0. The third kappa shape index (κ3) is 5.22. The van der Waals surface area contributed by atoms with Gasteiger partial charge in [-0.1, -0.05) is 0 Å². The summed E-state index contributed by atoms with van der Waals surface area (Å²) in [6, 6.07) is 23.9. The van der Waals surface area contributed by atoms with Gasteiger partial charge < -0.3 is 9.97 Å². The molecule has 0 saturated heterocycles. The molecule has 0 unspecified atom stereocenters. The van der Waals surface area contributed by atoms with Crippen LogP contribution < -0.4 is 4.46 Å². The predicted octanol–water partition coefficient (Wildman–Crippen LogP) is 5.50. The Balaban J connectivity index is 0.000000215. The largest absolute Gasteiger partial charge is 0.355 e. The fraction of sp³-hybridized carbons (Fsp3) is 0. The van der Waals surface area contributed by atoms with Crippen molar-refractivity contribution in [2.24, 2.45) is 0 Å². The van der Waals surface area contributed by atoms with Gasteiger partial charge in [-0.25, -0.2) is 9.97 Å². The van der Waals surface area contributed by atoms with Crippen molar-refractivity contribution in [3.05, 3.63) is 101 Å². The first-order valence-corrected chi connectivity index (χ1v) is 10.9. The van der Waals surface area contributed by atoms with Crippen LogP contribution in [0.3, 0.4) is 0 Å². The molecule has 3 aromatic heterocycles. The van der Waals surface area contributed by atoms with Gasteiger partial charge in [0.15, 0.2) is 0 Å². The number of aromatic amines is 2. The van der Waals surface area contributed by atoms with E-state index in [-0.39, 0.29) is 0 Å². The van der Waals surface area contributed by atoms with Crippen molar-refractivity contribution in [1.29, 1.82) is 0 Å². The zero-order valence-corrected chi connectivity index (χ0v) is 18.7. The van der Waals surface area contributed by atoms with Crippen LogP contribution in [0.2, 0.25) is 0 Å². The quantitative estimate of drug-likeness (QED) is 0.229. The molecular formula is C28H19FeN4. The predicted molar refractivity (Wildman–Crippen MR) is 133 cm³/mol. The van der Waals surface area contributed by atoms with Gasteiger partial charge in [0, 0.05) is 22.1 Å². The molecule has 2 aliphatic rings. The van der Waals surface area contributed by atoms with E-state index >= 15 is 0 Å². The molecule has 4 nitrogen and oxygen atoms in total. The molecule has 0 aliphatic carbocycles. The summed E-state index contributed by atoms with van der Waals surface area (Å²) in [5.74, 6) is 2.53. The van der Waals surface area contributed by atoms with Crippen LogP contribution >= 0.6 is 0 Å². The van der Waals surface area contributed by atoms with E-state index in [0.717, 1.165) is 54.9 Å². The number of rotatable bonds is 0. The molecule has 5 heterocycles. The molecule has 4 aromatic rings. The Hall–Kier alpha value is -4.10. The Kier molecular flexibility index (Phi) is 5.78. The second-order valence-electron chi connectivity index (χ2n) is 7.54. The van der Waals surface area contributed by atoms with Crippen molar-refractivity contribution in [3.63, 3.8) is 0 Å². The summed E-state index contributed by atoms with van der Waals surface area (Å²) in [5.41, 5.74) is 8.77. The van der Waals surface area contributed by atoms with E-state index in [0.29, 0.717) is 0 Å². The fourth-order valence-electron chi connectivity index (χ4n) is 3.49. The Morgan fingerprint density at radius 1 is 0.576 bits per heavy atom. The van der Waals surface area contributed by atoms with Gasteiger partial charge in [-0.2, -0.15) is 0 Å². The van der Waals surface area contributed by atoms with Crippen LogP contribution in [0.4, 0.5) is 0 Å². The number of nitrogens with one attached hydrogen (secondary N) is 2. The Labute approximate surface area is 200 Å². The van der Waals surface area contributed by atoms with Gasteiger partial charge in [-0.3, -0.25) is 0 Å². The number of hydrogen-bond donors (Lipinski definition) is 2. The van der Waals surface area contributed by atoms with E-state index in [9.17, 15) is 0 Å². The van der Waals surface area contributed by atoms with E-state index in [2.05, 4.69) is 66.1 Å². The normalized spacial score (nSPS) is 11.5. The van der Waals surface area contributed by atoms with Gasteiger partial charge in [-0.05, 0) is 72.8 Å². The van der Waals surface area contributed by atoms with Gasteiger partial charge in [0.05, 0.1) is 22.8 Å². The minimum absolute atomic E-state index is 0.905. The molecule has 8 bridgehead atoms. The molecule has 0 radical (unpaired) electrons. The number of benzene rings is 1. The molecule has 33 heavy (non-hydrogen) atoms. The van der Waals surface area contributed by atoms with Gasteiger partial charge in [0.2, 0.25) is 0 Å². The van der Waals surface area contributed by atoms with Crippen LogP contribution in [0.25, 0.3) is 46.4 Å². The maximum Gasteiger partial charge on any atom is 0.0658 e. The second-order valence-corrected chi connectivity index (χ2v) is 8.18. The molecule has 6 rings (SSSR count). The van der Waals surface area contributed by atoms with E-state index < -0.39 is 0 Å². The summed E-state index contributed by atoms with van der Waals surface area (Å²) in [4.78, 5) is 16.0. The summed E-state index contributed by atoms with van der Waals surface area (Å²) in [6.07, 6.45) is 13.2. The average molecular weight is 467 g/mol. The van der Waals surface area contributed by atoms with Crippen molar-refractivity contribution in [2.75, 3.05) is 0 Å². The molecule has 5 heteroatoms. The molecule has 0 atom stereocenters. The first-order chi connectivity index (χ1) is 16.1. The number of aromatic nitrogens is 4. The van der Waals surface area contributed by atoms with E-state index in [1.165, 1.54) is 0 Å². The van der Waals surface area contributed by atoms with E-state index in [1.54, 1.807) is 0 Å². The molecule has 2 N–H and O–H groups in total. The van der Waals surface area contributed by atoms with Gasteiger partial charge in [-0.15, -0.1) is 0 Å². The molecular weight excluding hydrogens is 448 g/mol. The van der Waals surface area contributed by atoms with Gasteiger partial charge in [0.1, 0.15) is 0 Å². The number of H-pyrrole nitrogens is 2. The first kappa shape index (κ1) is 20.8. The standard InChI is InChI=1S/C20H14N4.C8H5.Fe/c1-2-14-10-16-5-6-18(23-16)12-20-8-7-19(24-20)11-17-4-3-15(22-17)9-13(1)21-14;1-2-8-6-4-3-5-7-8;/h1-12,21,24H;1,4-7H;. The molecule has 1 aromatic carbocycles. The Morgan fingerprint density at radius 3 is 1.27 bits per heavy atom. The fourth-order valence-corrected chi connectivity index (χ4v) is 3.67. The number of hydrogen-bond acceptors (Lipinski definition) is 2. The van der Waals surface area contributed by atoms with Crippen LogP contribution in [0.1, 0.15) is 28.3 Å². The maximum atomic E-state index is 5.13. The van der Waals surface area contributed by atoms with Crippen molar-refractivity contribution >= 4 is 50.8 Å². The van der Waals surface area contributed by atoms with Crippen LogP contribution in [0.5, 0.6) is 0 Å².